The molecule has 0 aromatic carbocycles. The highest BCUT2D eigenvalue weighted by Crippen LogP contribution is 2.22. The Balaban J connectivity index is 1.55. The third-order valence-corrected chi connectivity index (χ3v) is 4.82. The zero-order chi connectivity index (χ0) is 18.8. The van der Waals surface area contributed by atoms with Gasteiger partial charge in [0, 0.05) is 48.1 Å². The standard InChI is InChI=1S/C20H25N7/c1-4-15-11-17(24-20(23-15)14-7-9-21-10-8-14)22-16-5-6-18-25-19(13(2)3)26-27(18)12-16/h7-11,13,16H,4-6,12H2,1-3H3,(H,22,23,24). The summed E-state index contributed by atoms with van der Waals surface area (Å²) in [6.07, 6.45) is 6.35. The van der Waals surface area contributed by atoms with E-state index in [0.717, 1.165) is 60.4 Å². The van der Waals surface area contributed by atoms with Gasteiger partial charge in [0.15, 0.2) is 11.6 Å². The summed E-state index contributed by atoms with van der Waals surface area (Å²) in [6.45, 7) is 7.18. The number of nitrogens with one attached hydrogen (secondary N) is 1. The average Bonchev–Trinajstić information content (AvgIpc) is 3.12. The first-order valence-electron chi connectivity index (χ1n) is 9.61. The van der Waals surface area contributed by atoms with Gasteiger partial charge in [0.05, 0.1) is 6.54 Å². The lowest BCUT2D eigenvalue weighted by molar-refractivity contribution is 0.439. The van der Waals surface area contributed by atoms with Crippen molar-refractivity contribution >= 4 is 5.82 Å². The van der Waals surface area contributed by atoms with Crippen LogP contribution >= 0.6 is 0 Å². The van der Waals surface area contributed by atoms with Crippen molar-refractivity contribution in [1.82, 2.24) is 29.7 Å². The van der Waals surface area contributed by atoms with E-state index in [1.54, 1.807) is 12.4 Å². The van der Waals surface area contributed by atoms with Crippen LogP contribution < -0.4 is 5.32 Å². The SMILES string of the molecule is CCc1cc(NC2CCc3nc(C(C)C)nn3C2)nc(-c2ccncc2)n1. The molecule has 0 saturated heterocycles. The Bertz CT molecular complexity index is 917. The van der Waals surface area contributed by atoms with Crippen LogP contribution in [-0.2, 0) is 19.4 Å². The Morgan fingerprint density at radius 1 is 1.19 bits per heavy atom. The second-order valence-corrected chi connectivity index (χ2v) is 7.26. The van der Waals surface area contributed by atoms with E-state index >= 15 is 0 Å². The van der Waals surface area contributed by atoms with Crippen LogP contribution in [0.3, 0.4) is 0 Å². The highest BCUT2D eigenvalue weighted by atomic mass is 15.4. The van der Waals surface area contributed by atoms with Gasteiger partial charge < -0.3 is 5.32 Å². The zero-order valence-electron chi connectivity index (χ0n) is 16.1. The maximum atomic E-state index is 4.74. The van der Waals surface area contributed by atoms with Crippen molar-refractivity contribution in [3.63, 3.8) is 0 Å². The predicted octanol–water partition coefficient (Wildman–Crippen LogP) is 3.24. The van der Waals surface area contributed by atoms with Crippen LogP contribution in [0.25, 0.3) is 11.4 Å². The molecule has 0 amide bonds. The van der Waals surface area contributed by atoms with E-state index in [4.69, 9.17) is 4.98 Å². The first kappa shape index (κ1) is 17.6. The summed E-state index contributed by atoms with van der Waals surface area (Å²) in [7, 11) is 0. The van der Waals surface area contributed by atoms with Crippen molar-refractivity contribution in [3.05, 3.63) is 47.9 Å². The number of fused-ring (bicyclic) bond motifs is 1. The molecule has 27 heavy (non-hydrogen) atoms. The molecule has 0 fully saturated rings. The van der Waals surface area contributed by atoms with Crippen molar-refractivity contribution < 1.29 is 0 Å². The fourth-order valence-electron chi connectivity index (χ4n) is 3.28. The van der Waals surface area contributed by atoms with Crippen LogP contribution in [-0.4, -0.2) is 35.8 Å². The van der Waals surface area contributed by atoms with Gasteiger partial charge in [-0.25, -0.2) is 19.6 Å². The summed E-state index contributed by atoms with van der Waals surface area (Å²) in [5, 5.41) is 8.26. The lowest BCUT2D eigenvalue weighted by Crippen LogP contribution is -2.32. The number of nitrogens with zero attached hydrogens (tertiary/aromatic N) is 6. The molecular formula is C20H25N7. The van der Waals surface area contributed by atoms with E-state index in [1.807, 2.05) is 22.9 Å². The second kappa shape index (κ2) is 7.42. The Kier molecular flexibility index (Phi) is 4.83. The number of pyridine rings is 1. The minimum Gasteiger partial charge on any atom is -0.365 e. The second-order valence-electron chi connectivity index (χ2n) is 7.26. The van der Waals surface area contributed by atoms with E-state index in [1.165, 1.54) is 0 Å². The van der Waals surface area contributed by atoms with Crippen molar-refractivity contribution in [2.24, 2.45) is 0 Å². The molecule has 3 aromatic heterocycles. The van der Waals surface area contributed by atoms with Gasteiger partial charge in [0.25, 0.3) is 0 Å². The predicted molar refractivity (Wildman–Crippen MR) is 104 cm³/mol. The fraction of sp³-hybridized carbons (Fsp3) is 0.450. The third-order valence-electron chi connectivity index (χ3n) is 4.82. The highest BCUT2D eigenvalue weighted by Gasteiger charge is 2.23. The average molecular weight is 363 g/mol. The quantitative estimate of drug-likeness (QED) is 0.749. The summed E-state index contributed by atoms with van der Waals surface area (Å²) >= 11 is 0. The number of rotatable bonds is 5. The molecule has 1 aliphatic rings. The van der Waals surface area contributed by atoms with Gasteiger partial charge in [0.1, 0.15) is 11.6 Å². The number of aromatic nitrogens is 6. The van der Waals surface area contributed by atoms with E-state index in [2.05, 4.69) is 46.1 Å². The first-order valence-corrected chi connectivity index (χ1v) is 9.61. The topological polar surface area (TPSA) is 81.4 Å². The van der Waals surface area contributed by atoms with Crippen molar-refractivity contribution in [2.45, 2.75) is 58.5 Å². The molecule has 0 radical (unpaired) electrons. The van der Waals surface area contributed by atoms with Crippen molar-refractivity contribution in [1.29, 1.82) is 0 Å². The summed E-state index contributed by atoms with van der Waals surface area (Å²) in [5.74, 6) is 3.98. The van der Waals surface area contributed by atoms with Crippen LogP contribution in [0.15, 0.2) is 30.6 Å². The van der Waals surface area contributed by atoms with E-state index in [0.29, 0.717) is 5.92 Å². The zero-order valence-corrected chi connectivity index (χ0v) is 16.1. The summed E-state index contributed by atoms with van der Waals surface area (Å²) in [6, 6.07) is 6.20. The van der Waals surface area contributed by atoms with E-state index < -0.39 is 0 Å². The van der Waals surface area contributed by atoms with Crippen molar-refractivity contribution in [2.75, 3.05) is 5.32 Å². The molecule has 1 atom stereocenters. The molecular weight excluding hydrogens is 338 g/mol. The smallest absolute Gasteiger partial charge is 0.161 e. The van der Waals surface area contributed by atoms with Crippen LogP contribution in [0.1, 0.15) is 50.5 Å². The molecule has 1 N–H and O–H groups in total. The van der Waals surface area contributed by atoms with Crippen LogP contribution in [0, 0.1) is 0 Å². The van der Waals surface area contributed by atoms with Gasteiger partial charge in [-0.15, -0.1) is 0 Å². The number of hydrogen-bond acceptors (Lipinski definition) is 6. The van der Waals surface area contributed by atoms with Crippen LogP contribution in [0.2, 0.25) is 0 Å². The Morgan fingerprint density at radius 2 is 2.00 bits per heavy atom. The Labute approximate surface area is 159 Å². The molecule has 7 nitrogen and oxygen atoms in total. The Hall–Kier alpha value is -2.83. The van der Waals surface area contributed by atoms with Gasteiger partial charge in [-0.3, -0.25) is 4.98 Å². The van der Waals surface area contributed by atoms with Gasteiger partial charge in [0.2, 0.25) is 0 Å². The van der Waals surface area contributed by atoms with E-state index in [-0.39, 0.29) is 6.04 Å². The number of hydrogen-bond donors (Lipinski definition) is 1. The molecule has 3 aromatic rings. The molecule has 0 saturated carbocycles. The first-order chi connectivity index (χ1) is 13.1. The molecule has 1 aliphatic heterocycles. The minimum atomic E-state index is 0.282. The monoisotopic (exact) mass is 363 g/mol. The summed E-state index contributed by atoms with van der Waals surface area (Å²) in [5.41, 5.74) is 2.01. The van der Waals surface area contributed by atoms with Crippen LogP contribution in [0.5, 0.6) is 0 Å². The van der Waals surface area contributed by atoms with Gasteiger partial charge in [-0.1, -0.05) is 20.8 Å². The van der Waals surface area contributed by atoms with Gasteiger partial charge in [-0.05, 0) is 25.0 Å². The van der Waals surface area contributed by atoms with Crippen molar-refractivity contribution in [3.8, 4) is 11.4 Å². The molecule has 4 heterocycles. The van der Waals surface area contributed by atoms with Gasteiger partial charge in [-0.2, -0.15) is 5.10 Å². The lowest BCUT2D eigenvalue weighted by Gasteiger charge is -2.24. The largest absolute Gasteiger partial charge is 0.365 e. The molecule has 0 bridgehead atoms. The summed E-state index contributed by atoms with van der Waals surface area (Å²) < 4.78 is 2.04. The Morgan fingerprint density at radius 3 is 2.74 bits per heavy atom. The number of anilines is 1. The minimum absolute atomic E-state index is 0.282. The molecule has 1 unspecified atom stereocenters. The normalized spacial score (nSPS) is 16.4. The summed E-state index contributed by atoms with van der Waals surface area (Å²) in [4.78, 5) is 18.2. The molecule has 7 heteroatoms. The third kappa shape index (κ3) is 3.82. The molecule has 0 aliphatic carbocycles. The molecule has 0 spiro atoms. The maximum absolute atomic E-state index is 4.74. The van der Waals surface area contributed by atoms with Gasteiger partial charge >= 0.3 is 0 Å². The highest BCUT2D eigenvalue weighted by molar-refractivity contribution is 5.57. The lowest BCUT2D eigenvalue weighted by atomic mass is 10.1. The van der Waals surface area contributed by atoms with Crippen LogP contribution in [0.4, 0.5) is 5.82 Å². The molecule has 140 valence electrons. The molecule has 4 rings (SSSR count). The van der Waals surface area contributed by atoms with E-state index in [9.17, 15) is 0 Å². The fourth-order valence-corrected chi connectivity index (χ4v) is 3.28. The number of aryl methyl sites for hydroxylation is 2. The maximum Gasteiger partial charge on any atom is 0.161 e.